The molecule has 0 aliphatic carbocycles. The molecule has 98 valence electrons. The lowest BCUT2D eigenvalue weighted by molar-refractivity contribution is -0.143. The van der Waals surface area contributed by atoms with E-state index in [1.807, 2.05) is 31.2 Å². The van der Waals surface area contributed by atoms with E-state index in [9.17, 15) is 9.59 Å². The first-order chi connectivity index (χ1) is 8.49. The lowest BCUT2D eigenvalue weighted by Gasteiger charge is -2.16. The molecular weight excluding hydrogens is 234 g/mol. The zero-order chi connectivity index (χ0) is 13.5. The van der Waals surface area contributed by atoms with Gasteiger partial charge in [0.25, 0.3) is 0 Å². The van der Waals surface area contributed by atoms with Crippen LogP contribution in [-0.4, -0.2) is 42.1 Å². The zero-order valence-corrected chi connectivity index (χ0v) is 10.5. The molecule has 0 saturated heterocycles. The van der Waals surface area contributed by atoms with E-state index in [0.29, 0.717) is 13.2 Å². The molecule has 1 rings (SSSR count). The second-order valence-electron chi connectivity index (χ2n) is 4.05. The molecule has 5 heteroatoms. The van der Waals surface area contributed by atoms with Crippen molar-refractivity contribution in [1.82, 2.24) is 4.90 Å². The van der Waals surface area contributed by atoms with Gasteiger partial charge in [0.15, 0.2) is 0 Å². The average Bonchev–Trinajstić information content (AvgIpc) is 2.30. The molecule has 0 bridgehead atoms. The van der Waals surface area contributed by atoms with Gasteiger partial charge in [-0.05, 0) is 19.1 Å². The van der Waals surface area contributed by atoms with Crippen LogP contribution in [0, 0.1) is 6.92 Å². The molecule has 0 heterocycles. The number of hydrogen-bond acceptors (Lipinski definition) is 3. The number of carboxylic acids is 1. The Hall–Kier alpha value is -2.04. The smallest absolute Gasteiger partial charge is 0.312 e. The van der Waals surface area contributed by atoms with Gasteiger partial charge in [-0.1, -0.05) is 17.7 Å². The van der Waals surface area contributed by atoms with Gasteiger partial charge in [-0.2, -0.15) is 0 Å². The Balaban J connectivity index is 2.31. The molecule has 5 nitrogen and oxygen atoms in total. The largest absolute Gasteiger partial charge is 0.492 e. The van der Waals surface area contributed by atoms with Gasteiger partial charge in [-0.25, -0.2) is 0 Å². The third kappa shape index (κ3) is 4.86. The maximum Gasteiger partial charge on any atom is 0.312 e. The van der Waals surface area contributed by atoms with Crippen LogP contribution in [0.15, 0.2) is 24.3 Å². The van der Waals surface area contributed by atoms with Crippen LogP contribution in [0.2, 0.25) is 0 Å². The number of aliphatic carboxylic acids is 1. The Morgan fingerprint density at radius 1 is 1.28 bits per heavy atom. The molecule has 0 radical (unpaired) electrons. The minimum Gasteiger partial charge on any atom is -0.492 e. The maximum absolute atomic E-state index is 11.3. The van der Waals surface area contributed by atoms with Gasteiger partial charge >= 0.3 is 5.97 Å². The number of carbonyl (C=O) groups excluding carboxylic acids is 1. The zero-order valence-electron chi connectivity index (χ0n) is 10.5. The molecule has 0 fully saturated rings. The van der Waals surface area contributed by atoms with E-state index in [0.717, 1.165) is 11.3 Å². The third-order valence-electron chi connectivity index (χ3n) is 2.44. The lowest BCUT2D eigenvalue weighted by Crippen LogP contribution is -2.32. The fourth-order valence-corrected chi connectivity index (χ4v) is 1.32. The monoisotopic (exact) mass is 251 g/mol. The molecule has 1 aromatic rings. The molecular formula is C13H17NO4. The first kappa shape index (κ1) is 14.0. The van der Waals surface area contributed by atoms with Crippen LogP contribution in [0.3, 0.4) is 0 Å². The predicted molar refractivity (Wildman–Crippen MR) is 66.6 cm³/mol. The number of benzene rings is 1. The summed E-state index contributed by atoms with van der Waals surface area (Å²) in [6.07, 6.45) is -0.485. The van der Waals surface area contributed by atoms with E-state index >= 15 is 0 Å². The van der Waals surface area contributed by atoms with E-state index in [4.69, 9.17) is 9.84 Å². The van der Waals surface area contributed by atoms with E-state index < -0.39 is 18.3 Å². The molecule has 1 N–H and O–H groups in total. The van der Waals surface area contributed by atoms with Crippen molar-refractivity contribution in [2.24, 2.45) is 0 Å². The van der Waals surface area contributed by atoms with Crippen molar-refractivity contribution in [2.45, 2.75) is 13.3 Å². The minimum atomic E-state index is -1.12. The molecule has 0 atom stereocenters. The first-order valence-electron chi connectivity index (χ1n) is 5.64. The van der Waals surface area contributed by atoms with Crippen LogP contribution in [0.4, 0.5) is 0 Å². The SMILES string of the molecule is Cc1ccc(OCCN(C)C(=O)CC(=O)O)cc1. The van der Waals surface area contributed by atoms with Crippen LogP contribution in [0.25, 0.3) is 0 Å². The molecule has 0 aliphatic rings. The second kappa shape index (κ2) is 6.64. The first-order valence-corrected chi connectivity index (χ1v) is 5.64. The Labute approximate surface area is 106 Å². The van der Waals surface area contributed by atoms with E-state index in [1.54, 1.807) is 7.05 Å². The van der Waals surface area contributed by atoms with Crippen molar-refractivity contribution in [3.63, 3.8) is 0 Å². The predicted octanol–water partition coefficient (Wildman–Crippen LogP) is 1.31. The summed E-state index contributed by atoms with van der Waals surface area (Å²) in [6, 6.07) is 7.59. The fourth-order valence-electron chi connectivity index (χ4n) is 1.32. The van der Waals surface area contributed by atoms with E-state index in [2.05, 4.69) is 0 Å². The van der Waals surface area contributed by atoms with Crippen molar-refractivity contribution < 1.29 is 19.4 Å². The number of ether oxygens (including phenoxy) is 1. The third-order valence-corrected chi connectivity index (χ3v) is 2.44. The molecule has 1 amide bonds. The van der Waals surface area contributed by atoms with Crippen molar-refractivity contribution in [2.75, 3.05) is 20.2 Å². The van der Waals surface area contributed by atoms with Gasteiger partial charge in [0, 0.05) is 7.05 Å². The Kier molecular flexibility index (Phi) is 5.17. The van der Waals surface area contributed by atoms with Crippen molar-refractivity contribution in [1.29, 1.82) is 0 Å². The Bertz CT molecular complexity index is 414. The topological polar surface area (TPSA) is 66.8 Å². The quantitative estimate of drug-likeness (QED) is 0.774. The summed E-state index contributed by atoms with van der Waals surface area (Å²) in [5.41, 5.74) is 1.15. The number of aryl methyl sites for hydroxylation is 1. The number of amides is 1. The fraction of sp³-hybridized carbons (Fsp3) is 0.385. The summed E-state index contributed by atoms with van der Waals surface area (Å²) in [5.74, 6) is -0.805. The maximum atomic E-state index is 11.3. The highest BCUT2D eigenvalue weighted by atomic mass is 16.5. The number of carbonyl (C=O) groups is 2. The summed E-state index contributed by atoms with van der Waals surface area (Å²) in [5, 5.41) is 8.48. The van der Waals surface area contributed by atoms with Crippen molar-refractivity contribution >= 4 is 11.9 Å². The van der Waals surface area contributed by atoms with E-state index in [1.165, 1.54) is 4.90 Å². The number of hydrogen-bond donors (Lipinski definition) is 1. The molecule has 0 saturated carbocycles. The normalized spacial score (nSPS) is 9.89. The number of nitrogens with zero attached hydrogens (tertiary/aromatic N) is 1. The summed E-state index contributed by atoms with van der Waals surface area (Å²) in [7, 11) is 1.56. The van der Waals surface area contributed by atoms with Gasteiger partial charge < -0.3 is 14.7 Å². The van der Waals surface area contributed by atoms with Crippen molar-refractivity contribution in [3.8, 4) is 5.75 Å². The van der Waals surface area contributed by atoms with Crippen LogP contribution in [0.1, 0.15) is 12.0 Å². The minimum absolute atomic E-state index is 0.338. The second-order valence-corrected chi connectivity index (χ2v) is 4.05. The van der Waals surface area contributed by atoms with E-state index in [-0.39, 0.29) is 0 Å². The van der Waals surface area contributed by atoms with Crippen LogP contribution in [-0.2, 0) is 9.59 Å². The summed E-state index contributed by atoms with van der Waals surface area (Å²) in [4.78, 5) is 23.0. The van der Waals surface area contributed by atoms with Crippen LogP contribution < -0.4 is 4.74 Å². The van der Waals surface area contributed by atoms with Gasteiger partial charge in [0.2, 0.25) is 5.91 Å². The highest BCUT2D eigenvalue weighted by Crippen LogP contribution is 2.11. The summed E-state index contributed by atoms with van der Waals surface area (Å²) < 4.78 is 5.45. The van der Waals surface area contributed by atoms with Crippen LogP contribution >= 0.6 is 0 Å². The summed E-state index contributed by atoms with van der Waals surface area (Å²) >= 11 is 0. The van der Waals surface area contributed by atoms with Crippen LogP contribution in [0.5, 0.6) is 5.75 Å². The number of carboxylic acid groups (broad SMARTS) is 1. The van der Waals surface area contributed by atoms with Gasteiger partial charge in [0.1, 0.15) is 18.8 Å². The Morgan fingerprint density at radius 3 is 2.44 bits per heavy atom. The molecule has 0 aromatic heterocycles. The highest BCUT2D eigenvalue weighted by Gasteiger charge is 2.12. The van der Waals surface area contributed by atoms with Gasteiger partial charge in [0.05, 0.1) is 6.54 Å². The van der Waals surface area contributed by atoms with Crippen molar-refractivity contribution in [3.05, 3.63) is 29.8 Å². The Morgan fingerprint density at radius 2 is 1.89 bits per heavy atom. The molecule has 18 heavy (non-hydrogen) atoms. The summed E-state index contributed by atoms with van der Waals surface area (Å²) in [6.45, 7) is 2.69. The number of likely N-dealkylation sites (N-methyl/N-ethyl adjacent to an activating group) is 1. The molecule has 0 unspecified atom stereocenters. The molecule has 0 spiro atoms. The molecule has 1 aromatic carbocycles. The lowest BCUT2D eigenvalue weighted by atomic mass is 10.2. The standard InChI is InChI=1S/C13H17NO4/c1-10-3-5-11(6-4-10)18-8-7-14(2)12(15)9-13(16)17/h3-6H,7-9H2,1-2H3,(H,16,17). The highest BCUT2D eigenvalue weighted by molar-refractivity contribution is 5.93. The van der Waals surface area contributed by atoms with Gasteiger partial charge in [-0.15, -0.1) is 0 Å². The molecule has 0 aliphatic heterocycles. The number of rotatable bonds is 6. The average molecular weight is 251 g/mol. The van der Waals surface area contributed by atoms with Gasteiger partial charge in [-0.3, -0.25) is 9.59 Å².